The smallest absolute Gasteiger partial charge is 0.328 e. The van der Waals surface area contributed by atoms with Crippen molar-refractivity contribution in [2.24, 2.45) is 0 Å². The first-order valence-corrected chi connectivity index (χ1v) is 8.59. The average molecular weight is 406 g/mol. The summed E-state index contributed by atoms with van der Waals surface area (Å²) >= 11 is 3.40. The molecule has 0 aromatic heterocycles. The summed E-state index contributed by atoms with van der Waals surface area (Å²) in [6.45, 7) is 1.77. The van der Waals surface area contributed by atoms with Crippen LogP contribution in [-0.4, -0.2) is 31.6 Å². The van der Waals surface area contributed by atoms with Crippen LogP contribution in [-0.2, 0) is 20.7 Å². The molecule has 0 saturated heterocycles. The van der Waals surface area contributed by atoms with Crippen molar-refractivity contribution in [2.75, 3.05) is 13.7 Å². The molecule has 1 atom stereocenters. The molecule has 1 amide bonds. The molecule has 0 saturated carbocycles. The zero-order valence-corrected chi connectivity index (χ0v) is 15.7. The number of carbonyl (C=O) groups excluding carboxylic acids is 2. The third-order valence-corrected chi connectivity index (χ3v) is 4.17. The Kier molecular flexibility index (Phi) is 7.01. The van der Waals surface area contributed by atoms with Gasteiger partial charge in [-0.05, 0) is 46.1 Å². The second-order valence-corrected chi connectivity index (χ2v) is 6.41. The van der Waals surface area contributed by atoms with Gasteiger partial charge in [0.25, 0.3) is 5.91 Å². The molecular formula is C19H20BrNO4. The number of aryl methyl sites for hydroxylation is 1. The summed E-state index contributed by atoms with van der Waals surface area (Å²) in [7, 11) is 1.30. The fourth-order valence-electron chi connectivity index (χ4n) is 2.29. The van der Waals surface area contributed by atoms with Gasteiger partial charge < -0.3 is 14.8 Å². The van der Waals surface area contributed by atoms with Crippen LogP contribution >= 0.6 is 15.9 Å². The Morgan fingerprint density at radius 1 is 1.16 bits per heavy atom. The number of halogens is 1. The van der Waals surface area contributed by atoms with Crippen LogP contribution in [0.25, 0.3) is 0 Å². The molecular weight excluding hydrogens is 386 g/mol. The third-order valence-electron chi connectivity index (χ3n) is 3.55. The lowest BCUT2D eigenvalue weighted by Crippen LogP contribution is -2.44. The molecule has 2 aromatic rings. The molecule has 6 heteroatoms. The quantitative estimate of drug-likeness (QED) is 0.718. The number of hydrogen-bond acceptors (Lipinski definition) is 4. The predicted octanol–water partition coefficient (Wildman–Crippen LogP) is 3.04. The number of rotatable bonds is 7. The van der Waals surface area contributed by atoms with Crippen molar-refractivity contribution in [1.29, 1.82) is 0 Å². The standard InChI is InChI=1S/C19H20BrNO4/c1-13-8-9-17(15(20)10-13)25-12-18(22)21-16(19(23)24-2)11-14-6-4-3-5-7-14/h3-10,16H,11-12H2,1-2H3,(H,21,22). The first-order chi connectivity index (χ1) is 12.0. The number of hydrogen-bond donors (Lipinski definition) is 1. The minimum Gasteiger partial charge on any atom is -0.483 e. The van der Waals surface area contributed by atoms with Gasteiger partial charge in [-0.1, -0.05) is 36.4 Å². The molecule has 132 valence electrons. The van der Waals surface area contributed by atoms with Crippen LogP contribution in [0, 0.1) is 6.92 Å². The van der Waals surface area contributed by atoms with Gasteiger partial charge in [-0.2, -0.15) is 0 Å². The van der Waals surface area contributed by atoms with Crippen molar-refractivity contribution in [3.63, 3.8) is 0 Å². The Morgan fingerprint density at radius 3 is 2.52 bits per heavy atom. The van der Waals surface area contributed by atoms with Gasteiger partial charge in [0.2, 0.25) is 0 Å². The highest BCUT2D eigenvalue weighted by atomic mass is 79.9. The van der Waals surface area contributed by atoms with Gasteiger partial charge in [-0.25, -0.2) is 4.79 Å². The first kappa shape index (κ1) is 19.0. The van der Waals surface area contributed by atoms with E-state index in [4.69, 9.17) is 9.47 Å². The van der Waals surface area contributed by atoms with Gasteiger partial charge >= 0.3 is 5.97 Å². The van der Waals surface area contributed by atoms with Crippen LogP contribution < -0.4 is 10.1 Å². The zero-order chi connectivity index (χ0) is 18.2. The van der Waals surface area contributed by atoms with Crippen molar-refractivity contribution in [3.8, 4) is 5.75 Å². The van der Waals surface area contributed by atoms with Crippen molar-refractivity contribution in [3.05, 3.63) is 64.1 Å². The van der Waals surface area contributed by atoms with Crippen LogP contribution in [0.5, 0.6) is 5.75 Å². The van der Waals surface area contributed by atoms with Gasteiger partial charge in [0, 0.05) is 6.42 Å². The fourth-order valence-corrected chi connectivity index (χ4v) is 2.90. The Hall–Kier alpha value is -2.34. The lowest BCUT2D eigenvalue weighted by molar-refractivity contribution is -0.145. The molecule has 1 N–H and O–H groups in total. The van der Waals surface area contributed by atoms with E-state index in [1.54, 1.807) is 6.07 Å². The topological polar surface area (TPSA) is 64.6 Å². The number of amides is 1. The molecule has 0 spiro atoms. The number of nitrogens with one attached hydrogen (secondary N) is 1. The molecule has 0 aliphatic heterocycles. The maximum atomic E-state index is 12.2. The molecule has 0 aliphatic rings. The average Bonchev–Trinajstić information content (AvgIpc) is 2.60. The Bertz CT molecular complexity index is 733. The number of esters is 1. The Labute approximate surface area is 155 Å². The lowest BCUT2D eigenvalue weighted by Gasteiger charge is -2.17. The molecule has 0 aliphatic carbocycles. The molecule has 5 nitrogen and oxygen atoms in total. The summed E-state index contributed by atoms with van der Waals surface area (Å²) in [6, 6.07) is 14.3. The molecule has 2 rings (SSSR count). The van der Waals surface area contributed by atoms with Crippen molar-refractivity contribution < 1.29 is 19.1 Å². The van der Waals surface area contributed by atoms with E-state index in [0.29, 0.717) is 12.2 Å². The highest BCUT2D eigenvalue weighted by molar-refractivity contribution is 9.10. The molecule has 2 aromatic carbocycles. The van der Waals surface area contributed by atoms with Crippen LogP contribution in [0.15, 0.2) is 53.0 Å². The maximum Gasteiger partial charge on any atom is 0.328 e. The van der Waals surface area contributed by atoms with E-state index in [-0.39, 0.29) is 12.5 Å². The van der Waals surface area contributed by atoms with Crippen molar-refractivity contribution in [1.82, 2.24) is 5.32 Å². The highest BCUT2D eigenvalue weighted by Gasteiger charge is 2.22. The summed E-state index contributed by atoms with van der Waals surface area (Å²) in [5.41, 5.74) is 2.01. The van der Waals surface area contributed by atoms with Gasteiger partial charge in [0.05, 0.1) is 11.6 Å². The first-order valence-electron chi connectivity index (χ1n) is 7.79. The summed E-state index contributed by atoms with van der Waals surface area (Å²) in [4.78, 5) is 24.1. The zero-order valence-electron chi connectivity index (χ0n) is 14.1. The third kappa shape index (κ3) is 5.90. The van der Waals surface area contributed by atoms with Crippen LogP contribution in [0.4, 0.5) is 0 Å². The molecule has 0 fully saturated rings. The van der Waals surface area contributed by atoms with Gasteiger partial charge in [-0.15, -0.1) is 0 Å². The second-order valence-electron chi connectivity index (χ2n) is 5.56. The summed E-state index contributed by atoms with van der Waals surface area (Å²) < 4.78 is 11.1. The minimum atomic E-state index is -0.759. The van der Waals surface area contributed by atoms with E-state index < -0.39 is 12.0 Å². The molecule has 0 heterocycles. The van der Waals surface area contributed by atoms with Gasteiger partial charge in [0.15, 0.2) is 6.61 Å². The molecule has 0 bridgehead atoms. The van der Waals surface area contributed by atoms with Crippen LogP contribution in [0.3, 0.4) is 0 Å². The normalized spacial score (nSPS) is 11.5. The van der Waals surface area contributed by atoms with Crippen LogP contribution in [0.2, 0.25) is 0 Å². The molecule has 25 heavy (non-hydrogen) atoms. The summed E-state index contributed by atoms with van der Waals surface area (Å²) in [6.07, 6.45) is 0.355. The second kappa shape index (κ2) is 9.22. The van der Waals surface area contributed by atoms with E-state index in [1.807, 2.05) is 49.4 Å². The SMILES string of the molecule is COC(=O)C(Cc1ccccc1)NC(=O)COc1ccc(C)cc1Br. The maximum absolute atomic E-state index is 12.2. The summed E-state index contributed by atoms with van der Waals surface area (Å²) in [5.74, 6) is -0.314. The number of methoxy groups -OCH3 is 1. The van der Waals surface area contributed by atoms with E-state index in [1.165, 1.54) is 7.11 Å². The van der Waals surface area contributed by atoms with E-state index >= 15 is 0 Å². The van der Waals surface area contributed by atoms with Crippen molar-refractivity contribution >= 4 is 27.8 Å². The van der Waals surface area contributed by atoms with Crippen molar-refractivity contribution in [2.45, 2.75) is 19.4 Å². The number of ether oxygens (including phenoxy) is 2. The van der Waals surface area contributed by atoms with E-state index in [2.05, 4.69) is 21.2 Å². The monoisotopic (exact) mass is 405 g/mol. The Morgan fingerprint density at radius 2 is 1.88 bits per heavy atom. The Balaban J connectivity index is 1.95. The van der Waals surface area contributed by atoms with Crippen LogP contribution in [0.1, 0.15) is 11.1 Å². The summed E-state index contributed by atoms with van der Waals surface area (Å²) in [5, 5.41) is 2.66. The highest BCUT2D eigenvalue weighted by Crippen LogP contribution is 2.25. The van der Waals surface area contributed by atoms with Gasteiger partial charge in [0.1, 0.15) is 11.8 Å². The number of carbonyl (C=O) groups is 2. The number of benzene rings is 2. The molecule has 0 radical (unpaired) electrons. The lowest BCUT2D eigenvalue weighted by atomic mass is 10.1. The van der Waals surface area contributed by atoms with Gasteiger partial charge in [-0.3, -0.25) is 4.79 Å². The van der Waals surface area contributed by atoms with E-state index in [9.17, 15) is 9.59 Å². The largest absolute Gasteiger partial charge is 0.483 e. The predicted molar refractivity (Wildman–Crippen MR) is 98.5 cm³/mol. The van der Waals surface area contributed by atoms with E-state index in [0.717, 1.165) is 15.6 Å². The minimum absolute atomic E-state index is 0.191. The molecule has 1 unspecified atom stereocenters. The fraction of sp³-hybridized carbons (Fsp3) is 0.263.